The van der Waals surface area contributed by atoms with Gasteiger partial charge in [-0.3, -0.25) is 9.59 Å². The SMILES string of the molecule is CC(=O)c1c(C(=O)c2ccccc2)cc(O)c(O)c1O. The van der Waals surface area contributed by atoms with Crippen molar-refractivity contribution in [3.05, 3.63) is 53.1 Å². The minimum Gasteiger partial charge on any atom is -0.504 e. The molecule has 0 radical (unpaired) electrons. The predicted molar refractivity (Wildman–Crippen MR) is 71.3 cm³/mol. The van der Waals surface area contributed by atoms with Gasteiger partial charge in [-0.15, -0.1) is 0 Å². The summed E-state index contributed by atoms with van der Waals surface area (Å²) >= 11 is 0. The summed E-state index contributed by atoms with van der Waals surface area (Å²) in [6.45, 7) is 1.16. The summed E-state index contributed by atoms with van der Waals surface area (Å²) in [7, 11) is 0. The molecule has 2 aromatic carbocycles. The Morgan fingerprint density at radius 2 is 1.55 bits per heavy atom. The first-order valence-corrected chi connectivity index (χ1v) is 5.82. The molecule has 0 saturated carbocycles. The molecule has 0 fully saturated rings. The van der Waals surface area contributed by atoms with Crippen LogP contribution >= 0.6 is 0 Å². The number of phenols is 3. The maximum Gasteiger partial charge on any atom is 0.201 e. The van der Waals surface area contributed by atoms with Crippen LogP contribution in [0.15, 0.2) is 36.4 Å². The number of benzene rings is 2. The van der Waals surface area contributed by atoms with E-state index >= 15 is 0 Å². The average molecular weight is 272 g/mol. The topological polar surface area (TPSA) is 94.8 Å². The molecule has 0 unspecified atom stereocenters. The van der Waals surface area contributed by atoms with Gasteiger partial charge in [0.15, 0.2) is 23.1 Å². The Labute approximate surface area is 114 Å². The molecule has 0 atom stereocenters. The van der Waals surface area contributed by atoms with Gasteiger partial charge < -0.3 is 15.3 Å². The minimum atomic E-state index is -0.820. The lowest BCUT2D eigenvalue weighted by Gasteiger charge is -2.11. The Kier molecular flexibility index (Phi) is 3.43. The molecule has 0 aliphatic heterocycles. The quantitative estimate of drug-likeness (QED) is 0.588. The van der Waals surface area contributed by atoms with Crippen molar-refractivity contribution in [2.75, 3.05) is 0 Å². The average Bonchev–Trinajstić information content (AvgIpc) is 2.44. The summed E-state index contributed by atoms with van der Waals surface area (Å²) in [5, 5.41) is 28.7. The number of rotatable bonds is 3. The normalized spacial score (nSPS) is 10.2. The Balaban J connectivity index is 2.68. The van der Waals surface area contributed by atoms with Gasteiger partial charge in [0.2, 0.25) is 5.75 Å². The second-order valence-corrected chi connectivity index (χ2v) is 4.27. The first kappa shape index (κ1) is 13.6. The lowest BCUT2D eigenvalue weighted by atomic mass is 9.95. The van der Waals surface area contributed by atoms with Gasteiger partial charge in [-0.2, -0.15) is 0 Å². The highest BCUT2D eigenvalue weighted by Gasteiger charge is 2.24. The summed E-state index contributed by atoms with van der Waals surface area (Å²) in [5.74, 6) is -3.39. The molecule has 0 aromatic heterocycles. The summed E-state index contributed by atoms with van der Waals surface area (Å²) < 4.78 is 0. The van der Waals surface area contributed by atoms with E-state index in [0.717, 1.165) is 13.0 Å². The molecule has 5 heteroatoms. The molecule has 0 spiro atoms. The van der Waals surface area contributed by atoms with Crippen molar-refractivity contribution in [2.24, 2.45) is 0 Å². The van der Waals surface area contributed by atoms with Gasteiger partial charge in [-0.25, -0.2) is 0 Å². The van der Waals surface area contributed by atoms with E-state index in [-0.39, 0.29) is 11.1 Å². The van der Waals surface area contributed by atoms with E-state index in [9.17, 15) is 24.9 Å². The van der Waals surface area contributed by atoms with E-state index < -0.39 is 28.8 Å². The molecule has 102 valence electrons. The van der Waals surface area contributed by atoms with Crippen molar-refractivity contribution < 1.29 is 24.9 Å². The van der Waals surface area contributed by atoms with Gasteiger partial charge >= 0.3 is 0 Å². The molecule has 20 heavy (non-hydrogen) atoms. The molecule has 0 amide bonds. The summed E-state index contributed by atoms with van der Waals surface area (Å²) in [4.78, 5) is 23.9. The van der Waals surface area contributed by atoms with Crippen LogP contribution in [0.5, 0.6) is 17.2 Å². The lowest BCUT2D eigenvalue weighted by Crippen LogP contribution is -2.08. The maximum atomic E-state index is 12.3. The molecule has 0 bridgehead atoms. The highest BCUT2D eigenvalue weighted by molar-refractivity contribution is 6.17. The first-order chi connectivity index (χ1) is 9.43. The van der Waals surface area contributed by atoms with Crippen molar-refractivity contribution in [3.63, 3.8) is 0 Å². The zero-order valence-corrected chi connectivity index (χ0v) is 10.6. The van der Waals surface area contributed by atoms with Crippen molar-refractivity contribution in [1.82, 2.24) is 0 Å². The summed E-state index contributed by atoms with van der Waals surface area (Å²) in [5.41, 5.74) is -0.162. The Hall–Kier alpha value is -2.82. The van der Waals surface area contributed by atoms with Gasteiger partial charge in [0.25, 0.3) is 0 Å². The monoisotopic (exact) mass is 272 g/mol. The number of phenolic OH excluding ortho intramolecular Hbond substituents is 3. The van der Waals surface area contributed by atoms with E-state index in [1.807, 2.05) is 0 Å². The van der Waals surface area contributed by atoms with Crippen molar-refractivity contribution in [3.8, 4) is 17.2 Å². The van der Waals surface area contributed by atoms with Crippen LogP contribution in [0.25, 0.3) is 0 Å². The van der Waals surface area contributed by atoms with Crippen molar-refractivity contribution in [2.45, 2.75) is 6.92 Å². The van der Waals surface area contributed by atoms with Crippen molar-refractivity contribution in [1.29, 1.82) is 0 Å². The van der Waals surface area contributed by atoms with Gasteiger partial charge in [0.1, 0.15) is 0 Å². The molecule has 2 rings (SSSR count). The number of ketones is 2. The maximum absolute atomic E-state index is 12.3. The fourth-order valence-electron chi connectivity index (χ4n) is 1.93. The predicted octanol–water partition coefficient (Wildman–Crippen LogP) is 2.24. The second kappa shape index (κ2) is 5.05. The number of Topliss-reactive ketones (excluding diaryl/α,β-unsaturated/α-hetero) is 1. The molecule has 2 aromatic rings. The van der Waals surface area contributed by atoms with Crippen LogP contribution in [0, 0.1) is 0 Å². The number of carbonyl (C=O) groups excluding carboxylic acids is 2. The zero-order chi connectivity index (χ0) is 14.9. The smallest absolute Gasteiger partial charge is 0.201 e. The van der Waals surface area contributed by atoms with Gasteiger partial charge in [-0.1, -0.05) is 30.3 Å². The van der Waals surface area contributed by atoms with E-state index in [0.29, 0.717) is 5.56 Å². The van der Waals surface area contributed by atoms with Gasteiger partial charge in [0, 0.05) is 11.1 Å². The molecule has 0 aliphatic rings. The van der Waals surface area contributed by atoms with Crippen LogP contribution < -0.4 is 0 Å². The van der Waals surface area contributed by atoms with Crippen LogP contribution in [0.1, 0.15) is 33.2 Å². The van der Waals surface area contributed by atoms with Crippen LogP contribution in [0.3, 0.4) is 0 Å². The van der Waals surface area contributed by atoms with Crippen LogP contribution in [-0.4, -0.2) is 26.9 Å². The molecule has 5 nitrogen and oxygen atoms in total. The van der Waals surface area contributed by atoms with Gasteiger partial charge in [-0.05, 0) is 13.0 Å². The van der Waals surface area contributed by atoms with Crippen LogP contribution in [0.2, 0.25) is 0 Å². The number of hydrogen-bond donors (Lipinski definition) is 3. The van der Waals surface area contributed by atoms with Crippen molar-refractivity contribution >= 4 is 11.6 Å². The fourth-order valence-corrected chi connectivity index (χ4v) is 1.93. The van der Waals surface area contributed by atoms with E-state index in [1.54, 1.807) is 30.3 Å². The molecule has 0 heterocycles. The zero-order valence-electron chi connectivity index (χ0n) is 10.6. The van der Waals surface area contributed by atoms with E-state index in [1.165, 1.54) is 0 Å². The standard InChI is InChI=1S/C15H12O5/c1-8(16)12-10(7-11(17)14(19)15(12)20)13(18)9-5-3-2-4-6-9/h2-7,17,19-20H,1H3. The second-order valence-electron chi connectivity index (χ2n) is 4.27. The number of carbonyl (C=O) groups is 2. The molecular weight excluding hydrogens is 260 g/mol. The van der Waals surface area contributed by atoms with Gasteiger partial charge in [0.05, 0.1) is 5.56 Å². The molecule has 3 N–H and O–H groups in total. The highest BCUT2D eigenvalue weighted by Crippen LogP contribution is 2.40. The highest BCUT2D eigenvalue weighted by atomic mass is 16.3. The largest absolute Gasteiger partial charge is 0.504 e. The molecular formula is C15H12O5. The Bertz CT molecular complexity index is 689. The first-order valence-electron chi connectivity index (χ1n) is 5.82. The summed E-state index contributed by atoms with van der Waals surface area (Å²) in [6, 6.07) is 9.11. The Morgan fingerprint density at radius 3 is 2.10 bits per heavy atom. The van der Waals surface area contributed by atoms with Crippen LogP contribution in [0.4, 0.5) is 0 Å². The van der Waals surface area contributed by atoms with E-state index in [4.69, 9.17) is 0 Å². The minimum absolute atomic E-state index is 0.156. The van der Waals surface area contributed by atoms with Crippen LogP contribution in [-0.2, 0) is 0 Å². The fraction of sp³-hybridized carbons (Fsp3) is 0.0667. The number of aromatic hydroxyl groups is 3. The van der Waals surface area contributed by atoms with E-state index in [2.05, 4.69) is 0 Å². The third-order valence-corrected chi connectivity index (χ3v) is 2.89. The third kappa shape index (κ3) is 2.21. The third-order valence-electron chi connectivity index (χ3n) is 2.89. The molecule has 0 aliphatic carbocycles. The Morgan fingerprint density at radius 1 is 0.950 bits per heavy atom. The molecule has 0 saturated heterocycles. The summed E-state index contributed by atoms with van der Waals surface area (Å²) in [6.07, 6.45) is 0. The number of hydrogen-bond acceptors (Lipinski definition) is 5. The lowest BCUT2D eigenvalue weighted by molar-refractivity contribution is 0.0986.